The van der Waals surface area contributed by atoms with Gasteiger partial charge in [0.1, 0.15) is 5.60 Å². The summed E-state index contributed by atoms with van der Waals surface area (Å²) in [6, 6.07) is 0.841. The molecule has 0 aromatic rings. The number of carbonyl (C=O) groups is 1. The molecule has 0 aromatic heterocycles. The number of amides is 1. The zero-order chi connectivity index (χ0) is 13.8. The second-order valence-corrected chi connectivity index (χ2v) is 6.44. The maximum Gasteiger partial charge on any atom is 0.410 e. The van der Waals surface area contributed by atoms with Crippen LogP contribution in [0.15, 0.2) is 0 Å². The number of nitrogens with one attached hydrogen (secondary N) is 1. The van der Waals surface area contributed by atoms with Gasteiger partial charge in [0.25, 0.3) is 0 Å². The maximum atomic E-state index is 12.1. The molecule has 0 radical (unpaired) electrons. The van der Waals surface area contributed by atoms with Crippen molar-refractivity contribution < 1.29 is 9.53 Å². The quantitative estimate of drug-likeness (QED) is 0.826. The molecule has 1 amide bonds. The van der Waals surface area contributed by atoms with Crippen LogP contribution in [0.3, 0.4) is 0 Å². The van der Waals surface area contributed by atoms with E-state index < -0.39 is 5.60 Å². The summed E-state index contributed by atoms with van der Waals surface area (Å²) in [6.07, 6.45) is 3.19. The largest absolute Gasteiger partial charge is 0.444 e. The Morgan fingerprint density at radius 3 is 2.56 bits per heavy atom. The Morgan fingerprint density at radius 1 is 1.33 bits per heavy atom. The van der Waals surface area contributed by atoms with Crippen molar-refractivity contribution in [3.63, 3.8) is 0 Å². The van der Waals surface area contributed by atoms with E-state index in [1.807, 2.05) is 25.7 Å². The normalized spacial score (nSPS) is 21.9. The minimum absolute atomic E-state index is 0.181. The minimum atomic E-state index is -0.412. The molecule has 0 aliphatic carbocycles. The fourth-order valence-corrected chi connectivity index (χ4v) is 2.24. The summed E-state index contributed by atoms with van der Waals surface area (Å²) >= 11 is 0. The van der Waals surface area contributed by atoms with Gasteiger partial charge in [-0.15, -0.1) is 0 Å². The van der Waals surface area contributed by atoms with Gasteiger partial charge in [-0.1, -0.05) is 20.3 Å². The average Bonchev–Trinajstić information content (AvgIpc) is 2.39. The van der Waals surface area contributed by atoms with Gasteiger partial charge < -0.3 is 15.0 Å². The van der Waals surface area contributed by atoms with Crippen LogP contribution in [0.5, 0.6) is 0 Å². The molecule has 4 heteroatoms. The molecule has 1 N–H and O–H groups in total. The number of hydrogen-bond acceptors (Lipinski definition) is 3. The fraction of sp³-hybridized carbons (Fsp3) is 0.929. The first-order valence-corrected chi connectivity index (χ1v) is 7.02. The van der Waals surface area contributed by atoms with Crippen molar-refractivity contribution in [1.29, 1.82) is 0 Å². The molecule has 1 saturated heterocycles. The molecule has 0 saturated carbocycles. The molecule has 4 nitrogen and oxygen atoms in total. The molecular weight excluding hydrogens is 228 g/mol. The van der Waals surface area contributed by atoms with Gasteiger partial charge in [0.2, 0.25) is 0 Å². The molecule has 1 atom stereocenters. The number of nitrogens with zero attached hydrogens (tertiary/aromatic N) is 1. The average molecular weight is 256 g/mol. The monoisotopic (exact) mass is 256 g/mol. The Hall–Kier alpha value is -0.770. The fourth-order valence-electron chi connectivity index (χ4n) is 2.24. The van der Waals surface area contributed by atoms with Gasteiger partial charge in [-0.25, -0.2) is 4.79 Å². The van der Waals surface area contributed by atoms with E-state index in [-0.39, 0.29) is 6.09 Å². The third-order valence-corrected chi connectivity index (χ3v) is 2.89. The van der Waals surface area contributed by atoms with Crippen molar-refractivity contribution in [2.45, 2.75) is 71.6 Å². The number of likely N-dealkylation sites (tertiary alicyclic amines) is 1. The van der Waals surface area contributed by atoms with Gasteiger partial charge in [0, 0.05) is 25.2 Å². The summed E-state index contributed by atoms with van der Waals surface area (Å²) in [5.74, 6) is 0. The zero-order valence-corrected chi connectivity index (χ0v) is 12.5. The minimum Gasteiger partial charge on any atom is -0.444 e. The van der Waals surface area contributed by atoms with E-state index in [2.05, 4.69) is 19.2 Å². The first kappa shape index (κ1) is 15.3. The Labute approximate surface area is 111 Å². The lowest BCUT2D eigenvalue weighted by Gasteiger charge is -2.29. The van der Waals surface area contributed by atoms with E-state index >= 15 is 0 Å². The molecule has 1 aliphatic rings. The van der Waals surface area contributed by atoms with Crippen LogP contribution < -0.4 is 5.32 Å². The maximum absolute atomic E-state index is 12.1. The summed E-state index contributed by atoms with van der Waals surface area (Å²) in [6.45, 7) is 11.6. The molecule has 18 heavy (non-hydrogen) atoms. The van der Waals surface area contributed by atoms with Crippen molar-refractivity contribution in [1.82, 2.24) is 10.2 Å². The van der Waals surface area contributed by atoms with Crippen LogP contribution in [0, 0.1) is 0 Å². The second-order valence-electron chi connectivity index (χ2n) is 6.44. The van der Waals surface area contributed by atoms with E-state index in [9.17, 15) is 4.79 Å². The van der Waals surface area contributed by atoms with Crippen molar-refractivity contribution in [3.8, 4) is 0 Å². The first-order chi connectivity index (χ1) is 8.28. The highest BCUT2D eigenvalue weighted by atomic mass is 16.6. The molecule has 1 rings (SSSR count). The molecule has 106 valence electrons. The Kier molecular flexibility index (Phi) is 5.45. The van der Waals surface area contributed by atoms with Gasteiger partial charge in [-0.2, -0.15) is 0 Å². The molecule has 1 fully saturated rings. The molecular formula is C14H28N2O2. The van der Waals surface area contributed by atoms with E-state index in [0.29, 0.717) is 12.1 Å². The number of rotatable bonds is 2. The van der Waals surface area contributed by atoms with Crippen molar-refractivity contribution in [2.75, 3.05) is 13.1 Å². The van der Waals surface area contributed by atoms with E-state index in [1.165, 1.54) is 6.42 Å². The third-order valence-electron chi connectivity index (χ3n) is 2.89. The lowest BCUT2D eigenvalue weighted by atomic mass is 10.1. The van der Waals surface area contributed by atoms with Gasteiger partial charge in [-0.05, 0) is 33.6 Å². The van der Waals surface area contributed by atoms with Crippen LogP contribution in [0.4, 0.5) is 4.79 Å². The third kappa shape index (κ3) is 5.71. The highest BCUT2D eigenvalue weighted by molar-refractivity contribution is 5.68. The molecule has 0 aromatic carbocycles. The summed E-state index contributed by atoms with van der Waals surface area (Å²) in [7, 11) is 0. The predicted molar refractivity (Wildman–Crippen MR) is 73.7 cm³/mol. The zero-order valence-electron chi connectivity index (χ0n) is 12.5. The van der Waals surface area contributed by atoms with E-state index in [4.69, 9.17) is 4.74 Å². The lowest BCUT2D eigenvalue weighted by molar-refractivity contribution is 0.0242. The molecule has 0 bridgehead atoms. The van der Waals surface area contributed by atoms with Crippen LogP contribution in [-0.4, -0.2) is 41.8 Å². The Balaban J connectivity index is 2.55. The van der Waals surface area contributed by atoms with E-state index in [0.717, 1.165) is 25.9 Å². The van der Waals surface area contributed by atoms with Crippen LogP contribution in [0.2, 0.25) is 0 Å². The molecule has 1 heterocycles. The summed E-state index contributed by atoms with van der Waals surface area (Å²) in [5, 5.41) is 3.52. The molecule has 0 unspecified atom stereocenters. The van der Waals surface area contributed by atoms with Crippen LogP contribution >= 0.6 is 0 Å². The summed E-state index contributed by atoms with van der Waals surface area (Å²) in [4.78, 5) is 13.9. The van der Waals surface area contributed by atoms with Crippen LogP contribution in [-0.2, 0) is 4.74 Å². The lowest BCUT2D eigenvalue weighted by Crippen LogP contribution is -2.46. The topological polar surface area (TPSA) is 41.6 Å². The second kappa shape index (κ2) is 6.41. The van der Waals surface area contributed by atoms with Gasteiger partial charge >= 0.3 is 6.09 Å². The first-order valence-electron chi connectivity index (χ1n) is 7.02. The van der Waals surface area contributed by atoms with Gasteiger partial charge in [-0.3, -0.25) is 0 Å². The van der Waals surface area contributed by atoms with E-state index in [1.54, 1.807) is 0 Å². The van der Waals surface area contributed by atoms with Crippen molar-refractivity contribution in [3.05, 3.63) is 0 Å². The molecule has 0 spiro atoms. The van der Waals surface area contributed by atoms with Gasteiger partial charge in [0.15, 0.2) is 0 Å². The van der Waals surface area contributed by atoms with Crippen molar-refractivity contribution >= 4 is 6.09 Å². The van der Waals surface area contributed by atoms with Crippen LogP contribution in [0.25, 0.3) is 0 Å². The van der Waals surface area contributed by atoms with Gasteiger partial charge in [0.05, 0.1) is 0 Å². The van der Waals surface area contributed by atoms with Crippen molar-refractivity contribution in [2.24, 2.45) is 0 Å². The smallest absolute Gasteiger partial charge is 0.410 e. The number of carbonyl (C=O) groups excluding carboxylic acids is 1. The SMILES string of the molecule is CC(C)N[C@H]1CCCCN(C(=O)OC(C)(C)C)C1. The predicted octanol–water partition coefficient (Wildman–Crippen LogP) is 2.77. The Bertz CT molecular complexity index is 271. The number of hydrogen-bond donors (Lipinski definition) is 1. The highest BCUT2D eigenvalue weighted by Gasteiger charge is 2.26. The highest BCUT2D eigenvalue weighted by Crippen LogP contribution is 2.15. The standard InChI is InChI=1S/C14H28N2O2/c1-11(2)15-12-8-6-7-9-16(10-12)13(17)18-14(3,4)5/h11-12,15H,6-10H2,1-5H3/t12-/m0/s1. The van der Waals surface area contributed by atoms with Crippen LogP contribution in [0.1, 0.15) is 53.9 Å². The number of ether oxygens (including phenoxy) is 1. The summed E-state index contributed by atoms with van der Waals surface area (Å²) in [5.41, 5.74) is -0.412. The Morgan fingerprint density at radius 2 is 2.00 bits per heavy atom. The summed E-state index contributed by atoms with van der Waals surface area (Å²) < 4.78 is 5.45. The molecule has 1 aliphatic heterocycles.